The Morgan fingerprint density at radius 2 is 0.778 bits per heavy atom. The van der Waals surface area contributed by atoms with Gasteiger partial charge in [-0.2, -0.15) is 0 Å². The van der Waals surface area contributed by atoms with Crippen molar-refractivity contribution in [1.29, 1.82) is 0 Å². The number of hydrogen-bond donors (Lipinski definition) is 0. The fourth-order valence-electron chi connectivity index (χ4n) is 4.89. The van der Waals surface area contributed by atoms with Crippen LogP contribution in [0.4, 0.5) is 0 Å². The van der Waals surface area contributed by atoms with Crippen molar-refractivity contribution in [2.75, 3.05) is 6.61 Å². The molecule has 2 heteroatoms. The lowest BCUT2D eigenvalue weighted by molar-refractivity contribution is -0.143. The van der Waals surface area contributed by atoms with E-state index in [-0.39, 0.29) is 5.97 Å². The van der Waals surface area contributed by atoms with Crippen molar-refractivity contribution in [1.82, 2.24) is 0 Å². The standard InChI is InChI=1S/C34H66O2/c1-3-5-7-9-11-13-15-17-19-20-22-24-26-28-30-32-34(35)36-33-31-29-27-25-23-21-18-16-14-12-10-8-6-4-2/h13,15H,3-12,14,16-33H2,1-2H3. The lowest BCUT2D eigenvalue weighted by atomic mass is 10.0. The molecular weight excluding hydrogens is 440 g/mol. The van der Waals surface area contributed by atoms with E-state index in [4.69, 9.17) is 4.74 Å². The number of unbranched alkanes of at least 4 members (excludes halogenated alkanes) is 24. The van der Waals surface area contributed by atoms with Gasteiger partial charge in [-0.15, -0.1) is 0 Å². The van der Waals surface area contributed by atoms with Crippen molar-refractivity contribution in [3.8, 4) is 0 Å². The van der Waals surface area contributed by atoms with Crippen LogP contribution in [0.25, 0.3) is 0 Å². The van der Waals surface area contributed by atoms with Crippen molar-refractivity contribution in [2.24, 2.45) is 0 Å². The summed E-state index contributed by atoms with van der Waals surface area (Å²) in [5, 5.41) is 0. The summed E-state index contributed by atoms with van der Waals surface area (Å²) in [5.74, 6) is 0.0196. The number of ether oxygens (including phenoxy) is 1. The molecule has 0 fully saturated rings. The van der Waals surface area contributed by atoms with Gasteiger partial charge in [-0.05, 0) is 38.5 Å². The minimum Gasteiger partial charge on any atom is -0.466 e. The minimum absolute atomic E-state index is 0.0196. The van der Waals surface area contributed by atoms with E-state index in [9.17, 15) is 4.79 Å². The molecule has 0 aromatic heterocycles. The quantitative estimate of drug-likeness (QED) is 0.0550. The molecule has 0 N–H and O–H groups in total. The van der Waals surface area contributed by atoms with Gasteiger partial charge in [-0.25, -0.2) is 0 Å². The van der Waals surface area contributed by atoms with E-state index in [0.717, 1.165) is 12.8 Å². The van der Waals surface area contributed by atoms with Gasteiger partial charge in [0.05, 0.1) is 6.61 Å². The third-order valence-corrected chi connectivity index (χ3v) is 7.40. The first-order chi connectivity index (χ1) is 17.8. The van der Waals surface area contributed by atoms with E-state index < -0.39 is 0 Å². The molecule has 0 aliphatic heterocycles. The molecule has 0 aliphatic carbocycles. The Balaban J connectivity index is 3.18. The van der Waals surface area contributed by atoms with Gasteiger partial charge < -0.3 is 4.74 Å². The van der Waals surface area contributed by atoms with Crippen molar-refractivity contribution in [3.63, 3.8) is 0 Å². The molecule has 36 heavy (non-hydrogen) atoms. The molecule has 2 nitrogen and oxygen atoms in total. The van der Waals surface area contributed by atoms with Crippen molar-refractivity contribution in [2.45, 2.75) is 194 Å². The molecule has 0 aromatic rings. The van der Waals surface area contributed by atoms with Crippen LogP contribution >= 0.6 is 0 Å². The van der Waals surface area contributed by atoms with Gasteiger partial charge >= 0.3 is 5.97 Å². The Bertz CT molecular complexity index is 442. The summed E-state index contributed by atoms with van der Waals surface area (Å²) in [6.45, 7) is 5.18. The SMILES string of the molecule is CCCCCCC=CCCCCCCCCCC(=O)OCCCCCCCCCCCCCCCC. The molecule has 0 unspecified atom stereocenters. The number of carbonyl (C=O) groups is 1. The van der Waals surface area contributed by atoms with Crippen LogP contribution in [0, 0.1) is 0 Å². The van der Waals surface area contributed by atoms with Gasteiger partial charge in [0.2, 0.25) is 0 Å². The minimum atomic E-state index is 0.0196. The van der Waals surface area contributed by atoms with E-state index in [2.05, 4.69) is 26.0 Å². The van der Waals surface area contributed by atoms with Crippen LogP contribution in [0.1, 0.15) is 194 Å². The molecule has 0 heterocycles. The molecule has 0 aromatic carbocycles. The third-order valence-electron chi connectivity index (χ3n) is 7.40. The molecular formula is C34H66O2. The van der Waals surface area contributed by atoms with Gasteiger partial charge in [0.25, 0.3) is 0 Å². The van der Waals surface area contributed by atoms with Gasteiger partial charge in [-0.3, -0.25) is 4.79 Å². The molecule has 0 saturated heterocycles. The predicted octanol–water partition coefficient (Wildman–Crippen LogP) is 12.0. The summed E-state index contributed by atoms with van der Waals surface area (Å²) in [4.78, 5) is 11.9. The number of rotatable bonds is 30. The molecule has 0 bridgehead atoms. The topological polar surface area (TPSA) is 26.3 Å². The van der Waals surface area contributed by atoms with Gasteiger partial charge in [0.1, 0.15) is 0 Å². The Hall–Kier alpha value is -0.790. The van der Waals surface area contributed by atoms with Gasteiger partial charge in [0.15, 0.2) is 0 Å². The first kappa shape index (κ1) is 35.2. The average Bonchev–Trinajstić information content (AvgIpc) is 2.88. The lowest BCUT2D eigenvalue weighted by Crippen LogP contribution is -2.05. The van der Waals surface area contributed by atoms with Gasteiger partial charge in [0, 0.05) is 6.42 Å². The number of carbonyl (C=O) groups excluding carboxylic acids is 1. The number of esters is 1. The largest absolute Gasteiger partial charge is 0.466 e. The second-order valence-corrected chi connectivity index (χ2v) is 11.2. The molecule has 0 atom stereocenters. The van der Waals surface area contributed by atoms with E-state index in [1.807, 2.05) is 0 Å². The molecule has 0 spiro atoms. The normalized spacial score (nSPS) is 11.5. The average molecular weight is 507 g/mol. The summed E-state index contributed by atoms with van der Waals surface area (Å²) in [7, 11) is 0. The second-order valence-electron chi connectivity index (χ2n) is 11.2. The Labute approximate surface area is 227 Å². The summed E-state index contributed by atoms with van der Waals surface area (Å²) in [6, 6.07) is 0. The zero-order chi connectivity index (χ0) is 26.2. The Morgan fingerprint density at radius 3 is 1.22 bits per heavy atom. The molecule has 214 valence electrons. The van der Waals surface area contributed by atoms with Crippen molar-refractivity contribution >= 4 is 5.97 Å². The second kappa shape index (κ2) is 32.2. The maximum atomic E-state index is 11.9. The lowest BCUT2D eigenvalue weighted by Gasteiger charge is -2.06. The van der Waals surface area contributed by atoms with Crippen LogP contribution in [0.15, 0.2) is 12.2 Å². The van der Waals surface area contributed by atoms with Crippen LogP contribution in [0.2, 0.25) is 0 Å². The highest BCUT2D eigenvalue weighted by atomic mass is 16.5. The van der Waals surface area contributed by atoms with Gasteiger partial charge in [-0.1, -0.05) is 161 Å². The van der Waals surface area contributed by atoms with Crippen LogP contribution < -0.4 is 0 Å². The van der Waals surface area contributed by atoms with Crippen LogP contribution in [-0.4, -0.2) is 12.6 Å². The number of hydrogen-bond acceptors (Lipinski definition) is 2. The van der Waals surface area contributed by atoms with Crippen LogP contribution in [-0.2, 0) is 9.53 Å². The molecule has 0 aliphatic rings. The summed E-state index contributed by atoms with van der Waals surface area (Å²) in [6.07, 6.45) is 41.2. The molecule has 0 radical (unpaired) electrons. The van der Waals surface area contributed by atoms with Crippen molar-refractivity contribution in [3.05, 3.63) is 12.2 Å². The fraction of sp³-hybridized carbons (Fsp3) is 0.912. The third kappa shape index (κ3) is 31.2. The molecule has 0 saturated carbocycles. The molecule has 0 amide bonds. The summed E-state index contributed by atoms with van der Waals surface area (Å²) in [5.41, 5.74) is 0. The van der Waals surface area contributed by atoms with Crippen LogP contribution in [0.5, 0.6) is 0 Å². The van der Waals surface area contributed by atoms with Crippen LogP contribution in [0.3, 0.4) is 0 Å². The fourth-order valence-corrected chi connectivity index (χ4v) is 4.89. The summed E-state index contributed by atoms with van der Waals surface area (Å²) >= 11 is 0. The summed E-state index contributed by atoms with van der Waals surface area (Å²) < 4.78 is 5.42. The zero-order valence-electron chi connectivity index (χ0n) is 25.0. The van der Waals surface area contributed by atoms with E-state index in [1.54, 1.807) is 0 Å². The zero-order valence-corrected chi connectivity index (χ0v) is 25.0. The van der Waals surface area contributed by atoms with E-state index in [0.29, 0.717) is 13.0 Å². The molecule has 0 rings (SSSR count). The maximum Gasteiger partial charge on any atom is 0.305 e. The first-order valence-electron chi connectivity index (χ1n) is 16.6. The van der Waals surface area contributed by atoms with Crippen molar-refractivity contribution < 1.29 is 9.53 Å². The smallest absolute Gasteiger partial charge is 0.305 e. The van der Waals surface area contributed by atoms with E-state index in [1.165, 1.54) is 161 Å². The first-order valence-corrected chi connectivity index (χ1v) is 16.6. The highest BCUT2D eigenvalue weighted by Gasteiger charge is 2.02. The monoisotopic (exact) mass is 507 g/mol. The van der Waals surface area contributed by atoms with E-state index >= 15 is 0 Å². The Kier molecular flexibility index (Phi) is 31.5. The number of allylic oxidation sites excluding steroid dienone is 2. The Morgan fingerprint density at radius 1 is 0.444 bits per heavy atom. The highest BCUT2D eigenvalue weighted by Crippen LogP contribution is 2.14. The maximum absolute atomic E-state index is 11.9. The predicted molar refractivity (Wildman–Crippen MR) is 161 cm³/mol. The highest BCUT2D eigenvalue weighted by molar-refractivity contribution is 5.69.